The number of amides is 3. The van der Waals surface area contributed by atoms with Gasteiger partial charge in [-0.1, -0.05) is 6.07 Å². The van der Waals surface area contributed by atoms with Crippen LogP contribution >= 0.6 is 0 Å². The molecule has 1 aromatic carbocycles. The average Bonchev–Trinajstić information content (AvgIpc) is 2.61. The maximum atomic E-state index is 12.4. The predicted molar refractivity (Wildman–Crippen MR) is 88.9 cm³/mol. The zero-order valence-corrected chi connectivity index (χ0v) is 13.7. The fourth-order valence-corrected chi connectivity index (χ4v) is 3.05. The topological polar surface area (TPSA) is 90.9 Å². The molecule has 2 heterocycles. The molecule has 7 heteroatoms. The lowest BCUT2D eigenvalue weighted by Gasteiger charge is -2.32. The van der Waals surface area contributed by atoms with Crippen LogP contribution in [0.2, 0.25) is 0 Å². The van der Waals surface area contributed by atoms with Gasteiger partial charge in [-0.2, -0.15) is 0 Å². The number of hydrogen-bond acceptors (Lipinski definition) is 4. The zero-order valence-electron chi connectivity index (χ0n) is 13.7. The Morgan fingerprint density at radius 2 is 2.21 bits per heavy atom. The van der Waals surface area contributed by atoms with Gasteiger partial charge < -0.3 is 25.4 Å². The molecule has 0 saturated carbocycles. The molecule has 2 aliphatic heterocycles. The van der Waals surface area contributed by atoms with Crippen molar-refractivity contribution in [1.29, 1.82) is 0 Å². The van der Waals surface area contributed by atoms with Gasteiger partial charge in [-0.3, -0.25) is 4.79 Å². The summed E-state index contributed by atoms with van der Waals surface area (Å²) in [4.78, 5) is 25.6. The number of piperidine rings is 1. The molecule has 1 aromatic rings. The number of urea groups is 1. The van der Waals surface area contributed by atoms with Crippen molar-refractivity contribution < 1.29 is 19.4 Å². The number of aliphatic hydroxyl groups is 1. The van der Waals surface area contributed by atoms with Crippen LogP contribution in [0.4, 0.5) is 10.5 Å². The average molecular weight is 333 g/mol. The van der Waals surface area contributed by atoms with Crippen molar-refractivity contribution >= 4 is 17.6 Å². The number of hydrogen-bond donors (Lipinski definition) is 3. The highest BCUT2D eigenvalue weighted by Gasteiger charge is 2.24. The van der Waals surface area contributed by atoms with E-state index >= 15 is 0 Å². The minimum atomic E-state index is -0.183. The third-order valence-corrected chi connectivity index (χ3v) is 4.64. The summed E-state index contributed by atoms with van der Waals surface area (Å²) in [5.41, 5.74) is 1.53. The van der Waals surface area contributed by atoms with Crippen molar-refractivity contribution in [2.45, 2.75) is 25.8 Å². The highest BCUT2D eigenvalue weighted by Crippen LogP contribution is 2.30. The quantitative estimate of drug-likeness (QED) is 0.782. The minimum absolute atomic E-state index is 0.0302. The first-order valence-corrected chi connectivity index (χ1v) is 8.29. The molecular weight excluding hydrogens is 310 g/mol. The van der Waals surface area contributed by atoms with Gasteiger partial charge >= 0.3 is 6.03 Å². The van der Waals surface area contributed by atoms with Gasteiger partial charge in [0.05, 0.1) is 11.7 Å². The van der Waals surface area contributed by atoms with Crippen LogP contribution in [0.3, 0.4) is 0 Å². The zero-order chi connectivity index (χ0) is 17.1. The second-order valence-corrected chi connectivity index (χ2v) is 6.38. The molecule has 0 bridgehead atoms. The van der Waals surface area contributed by atoms with Crippen LogP contribution in [-0.2, 0) is 4.79 Å². The molecule has 0 unspecified atom stereocenters. The van der Waals surface area contributed by atoms with Gasteiger partial charge in [0.1, 0.15) is 5.75 Å². The number of fused-ring (bicyclic) bond motifs is 1. The number of nitrogens with zero attached hydrogens (tertiary/aromatic N) is 1. The lowest BCUT2D eigenvalue weighted by atomic mass is 9.98. The number of likely N-dealkylation sites (tertiary alicyclic amines) is 1. The Kier molecular flexibility index (Phi) is 4.89. The Labute approximate surface area is 141 Å². The van der Waals surface area contributed by atoms with E-state index in [9.17, 15) is 9.59 Å². The van der Waals surface area contributed by atoms with E-state index in [1.165, 1.54) is 0 Å². The highest BCUT2D eigenvalue weighted by molar-refractivity contribution is 5.95. The van der Waals surface area contributed by atoms with E-state index in [4.69, 9.17) is 9.84 Å². The van der Waals surface area contributed by atoms with E-state index in [0.29, 0.717) is 30.4 Å². The molecule has 7 nitrogen and oxygen atoms in total. The minimum Gasteiger partial charge on any atom is -0.482 e. The van der Waals surface area contributed by atoms with Gasteiger partial charge in [0, 0.05) is 19.7 Å². The van der Waals surface area contributed by atoms with Gasteiger partial charge in [0.25, 0.3) is 5.91 Å². The smallest absolute Gasteiger partial charge is 0.317 e. The first-order chi connectivity index (χ1) is 11.6. The number of benzene rings is 1. The monoisotopic (exact) mass is 333 g/mol. The van der Waals surface area contributed by atoms with Crippen molar-refractivity contribution in [1.82, 2.24) is 10.2 Å². The molecule has 1 saturated heterocycles. The van der Waals surface area contributed by atoms with E-state index in [1.807, 2.05) is 19.1 Å². The number of anilines is 1. The summed E-state index contributed by atoms with van der Waals surface area (Å²) < 4.78 is 5.34. The van der Waals surface area contributed by atoms with Crippen LogP contribution < -0.4 is 15.4 Å². The Bertz CT molecular complexity index is 626. The molecule has 130 valence electrons. The third kappa shape index (κ3) is 3.62. The molecule has 0 radical (unpaired) electrons. The highest BCUT2D eigenvalue weighted by atomic mass is 16.5. The van der Waals surface area contributed by atoms with Crippen molar-refractivity contribution in [2.75, 3.05) is 31.6 Å². The maximum Gasteiger partial charge on any atom is 0.317 e. The van der Waals surface area contributed by atoms with Gasteiger partial charge in [-0.05, 0) is 43.4 Å². The summed E-state index contributed by atoms with van der Waals surface area (Å²) in [7, 11) is 0. The lowest BCUT2D eigenvalue weighted by molar-refractivity contribution is -0.118. The Hall–Kier alpha value is -2.28. The third-order valence-electron chi connectivity index (χ3n) is 4.64. The van der Waals surface area contributed by atoms with Crippen molar-refractivity contribution in [3.8, 4) is 5.75 Å². The maximum absolute atomic E-state index is 12.4. The van der Waals surface area contributed by atoms with Crippen LogP contribution in [0, 0.1) is 5.92 Å². The number of rotatable bonds is 3. The molecule has 0 aromatic heterocycles. The molecule has 2 aliphatic rings. The Morgan fingerprint density at radius 1 is 1.46 bits per heavy atom. The molecule has 3 N–H and O–H groups in total. The predicted octanol–water partition coefficient (Wildman–Crippen LogP) is 1.49. The van der Waals surface area contributed by atoms with Crippen molar-refractivity contribution in [2.24, 2.45) is 5.92 Å². The number of carbonyl (C=O) groups is 2. The Morgan fingerprint density at radius 3 is 2.92 bits per heavy atom. The largest absolute Gasteiger partial charge is 0.482 e. The standard InChI is InChI=1S/C17H23N3O4/c1-11(18-17(23)20-6-4-12(9-21)5-7-20)13-2-3-15-14(8-13)19-16(22)10-24-15/h2-3,8,11-12,21H,4-7,9-10H2,1H3,(H,18,23)(H,19,22)/t11-/m1/s1. The van der Waals surface area contributed by atoms with Crippen LogP contribution in [-0.4, -0.2) is 48.2 Å². The number of aliphatic hydroxyl groups excluding tert-OH is 1. The second kappa shape index (κ2) is 7.09. The summed E-state index contributed by atoms with van der Waals surface area (Å²) >= 11 is 0. The molecular formula is C17H23N3O4. The van der Waals surface area contributed by atoms with Crippen molar-refractivity contribution in [3.05, 3.63) is 23.8 Å². The Balaban J connectivity index is 1.60. The summed E-state index contributed by atoms with van der Waals surface area (Å²) in [6, 6.07) is 5.24. The summed E-state index contributed by atoms with van der Waals surface area (Å²) in [5.74, 6) is 0.766. The molecule has 3 rings (SSSR count). The number of ether oxygens (including phenoxy) is 1. The van der Waals surface area contributed by atoms with Crippen LogP contribution in [0.15, 0.2) is 18.2 Å². The van der Waals surface area contributed by atoms with Crippen LogP contribution in [0.1, 0.15) is 31.4 Å². The van der Waals surface area contributed by atoms with E-state index in [0.717, 1.165) is 18.4 Å². The molecule has 3 amide bonds. The summed E-state index contributed by atoms with van der Waals surface area (Å²) in [6.07, 6.45) is 1.67. The molecule has 1 atom stereocenters. The molecule has 0 aliphatic carbocycles. The number of carbonyl (C=O) groups excluding carboxylic acids is 2. The van der Waals surface area contributed by atoms with Crippen LogP contribution in [0.5, 0.6) is 5.75 Å². The van der Waals surface area contributed by atoms with Gasteiger partial charge in [0.2, 0.25) is 0 Å². The first kappa shape index (κ1) is 16.6. The van der Waals surface area contributed by atoms with E-state index < -0.39 is 0 Å². The van der Waals surface area contributed by atoms with Gasteiger partial charge in [-0.15, -0.1) is 0 Å². The second-order valence-electron chi connectivity index (χ2n) is 6.38. The fraction of sp³-hybridized carbons (Fsp3) is 0.529. The van der Waals surface area contributed by atoms with Gasteiger partial charge in [0.15, 0.2) is 6.61 Å². The van der Waals surface area contributed by atoms with E-state index in [-0.39, 0.29) is 31.2 Å². The summed E-state index contributed by atoms with van der Waals surface area (Å²) in [5, 5.41) is 14.9. The van der Waals surface area contributed by atoms with Crippen LogP contribution in [0.25, 0.3) is 0 Å². The van der Waals surface area contributed by atoms with Crippen molar-refractivity contribution in [3.63, 3.8) is 0 Å². The van der Waals surface area contributed by atoms with E-state index in [2.05, 4.69) is 10.6 Å². The SMILES string of the molecule is C[C@@H](NC(=O)N1CCC(CO)CC1)c1ccc2c(c1)NC(=O)CO2. The molecule has 1 fully saturated rings. The fourth-order valence-electron chi connectivity index (χ4n) is 3.05. The van der Waals surface area contributed by atoms with Gasteiger partial charge in [-0.25, -0.2) is 4.79 Å². The molecule has 24 heavy (non-hydrogen) atoms. The molecule has 0 spiro atoms. The first-order valence-electron chi connectivity index (χ1n) is 8.29. The number of nitrogens with one attached hydrogen (secondary N) is 2. The normalized spacial score (nSPS) is 19.1. The summed E-state index contributed by atoms with van der Waals surface area (Å²) in [6.45, 7) is 3.46. The van der Waals surface area contributed by atoms with E-state index in [1.54, 1.807) is 11.0 Å². The lowest BCUT2D eigenvalue weighted by Crippen LogP contribution is -2.45.